The van der Waals surface area contributed by atoms with Crippen LogP contribution >= 0.6 is 11.3 Å². The monoisotopic (exact) mass is 308 g/mol. The fourth-order valence-corrected chi connectivity index (χ4v) is 2.84. The van der Waals surface area contributed by atoms with E-state index in [-0.39, 0.29) is 22.9 Å². The molecule has 0 fully saturated rings. The Morgan fingerprint density at radius 3 is 2.71 bits per heavy atom. The van der Waals surface area contributed by atoms with Gasteiger partial charge in [-0.3, -0.25) is 14.9 Å². The third kappa shape index (κ3) is 3.00. The van der Waals surface area contributed by atoms with Gasteiger partial charge in [-0.2, -0.15) is 0 Å². The van der Waals surface area contributed by atoms with Crippen LogP contribution in [0.15, 0.2) is 18.2 Å². The molecule has 0 aliphatic rings. The zero-order valence-corrected chi connectivity index (χ0v) is 12.2. The highest BCUT2D eigenvalue weighted by Gasteiger charge is 2.23. The molecule has 21 heavy (non-hydrogen) atoms. The van der Waals surface area contributed by atoms with Crippen molar-refractivity contribution in [1.82, 2.24) is 0 Å². The Labute approximate surface area is 123 Å². The van der Waals surface area contributed by atoms with Crippen molar-refractivity contribution in [2.75, 3.05) is 11.9 Å². The van der Waals surface area contributed by atoms with E-state index in [1.165, 1.54) is 19.1 Å². The van der Waals surface area contributed by atoms with E-state index < -0.39 is 16.8 Å². The van der Waals surface area contributed by atoms with E-state index in [1.807, 2.05) is 0 Å². The molecule has 0 atom stereocenters. The topological polar surface area (TPSA) is 98.5 Å². The minimum absolute atomic E-state index is 0.105. The molecule has 7 nitrogen and oxygen atoms in total. The zero-order valence-electron chi connectivity index (χ0n) is 11.3. The number of carbonyl (C=O) groups is 2. The van der Waals surface area contributed by atoms with Crippen molar-refractivity contribution in [2.45, 2.75) is 13.8 Å². The normalized spacial score (nSPS) is 10.4. The summed E-state index contributed by atoms with van der Waals surface area (Å²) in [6.07, 6.45) is 0. The fourth-order valence-electron chi connectivity index (χ4n) is 1.89. The summed E-state index contributed by atoms with van der Waals surface area (Å²) >= 11 is 1.11. The van der Waals surface area contributed by atoms with Crippen LogP contribution in [0.5, 0.6) is 0 Å². The number of anilines is 1. The second-order valence-corrected chi connectivity index (χ2v) is 5.23. The average molecular weight is 308 g/mol. The first-order valence-electron chi connectivity index (χ1n) is 6.09. The number of benzene rings is 1. The standard InChI is InChI=1S/C13H12N2O5S/c1-3-20-13(17)11-6-8-10(21-11)5-4-9(14-7(2)16)12(8)15(18)19/h4-6H,3H2,1-2H3,(H,14,16). The molecule has 1 aromatic carbocycles. The molecule has 0 radical (unpaired) electrons. The number of rotatable bonds is 4. The van der Waals surface area contributed by atoms with Gasteiger partial charge in [0.05, 0.1) is 16.9 Å². The lowest BCUT2D eigenvalue weighted by Crippen LogP contribution is -2.08. The van der Waals surface area contributed by atoms with Gasteiger partial charge in [0.1, 0.15) is 10.6 Å². The molecular formula is C13H12N2O5S. The third-order valence-corrected chi connectivity index (χ3v) is 3.72. The molecule has 0 saturated carbocycles. The molecule has 0 spiro atoms. The van der Waals surface area contributed by atoms with Gasteiger partial charge in [0.25, 0.3) is 0 Å². The molecule has 0 aliphatic carbocycles. The van der Waals surface area contributed by atoms with Crippen LogP contribution < -0.4 is 5.32 Å². The van der Waals surface area contributed by atoms with Crippen LogP contribution in [0.2, 0.25) is 0 Å². The van der Waals surface area contributed by atoms with Gasteiger partial charge in [0, 0.05) is 11.6 Å². The summed E-state index contributed by atoms with van der Waals surface area (Å²) in [6.45, 7) is 3.18. The molecule has 1 aromatic heterocycles. The maximum absolute atomic E-state index is 11.7. The van der Waals surface area contributed by atoms with Crippen LogP contribution in [0.3, 0.4) is 0 Å². The Hall–Kier alpha value is -2.48. The van der Waals surface area contributed by atoms with Gasteiger partial charge in [-0.25, -0.2) is 4.79 Å². The molecule has 1 amide bonds. The van der Waals surface area contributed by atoms with Gasteiger partial charge in [-0.05, 0) is 25.1 Å². The molecule has 0 unspecified atom stereocenters. The van der Waals surface area contributed by atoms with E-state index in [2.05, 4.69) is 5.32 Å². The lowest BCUT2D eigenvalue weighted by Gasteiger charge is -2.03. The Morgan fingerprint density at radius 2 is 2.14 bits per heavy atom. The quantitative estimate of drug-likeness (QED) is 0.532. The number of esters is 1. The van der Waals surface area contributed by atoms with Crippen molar-refractivity contribution in [1.29, 1.82) is 0 Å². The summed E-state index contributed by atoms with van der Waals surface area (Å²) in [6, 6.07) is 4.50. The number of nitro groups is 1. The summed E-state index contributed by atoms with van der Waals surface area (Å²) in [5.74, 6) is -0.924. The molecule has 0 bridgehead atoms. The predicted octanol–water partition coefficient (Wildman–Crippen LogP) is 2.94. The SMILES string of the molecule is CCOC(=O)c1cc2c([N+](=O)[O-])c(NC(C)=O)ccc2s1. The lowest BCUT2D eigenvalue weighted by molar-refractivity contribution is -0.382. The van der Waals surface area contributed by atoms with Crippen molar-refractivity contribution >= 4 is 44.7 Å². The van der Waals surface area contributed by atoms with Gasteiger partial charge in [0.2, 0.25) is 5.91 Å². The second-order valence-electron chi connectivity index (χ2n) is 4.14. The predicted molar refractivity (Wildman–Crippen MR) is 78.7 cm³/mol. The van der Waals surface area contributed by atoms with E-state index in [1.54, 1.807) is 13.0 Å². The number of nitrogens with zero attached hydrogens (tertiary/aromatic N) is 1. The average Bonchev–Trinajstić information content (AvgIpc) is 2.81. The molecule has 0 saturated heterocycles. The van der Waals surface area contributed by atoms with Gasteiger partial charge >= 0.3 is 11.7 Å². The van der Waals surface area contributed by atoms with E-state index in [0.29, 0.717) is 10.1 Å². The Kier molecular flexibility index (Phi) is 4.18. The van der Waals surface area contributed by atoms with Gasteiger partial charge in [-0.1, -0.05) is 0 Å². The van der Waals surface area contributed by atoms with Crippen molar-refractivity contribution in [3.8, 4) is 0 Å². The van der Waals surface area contributed by atoms with Gasteiger partial charge < -0.3 is 10.1 Å². The van der Waals surface area contributed by atoms with E-state index in [0.717, 1.165) is 11.3 Å². The molecular weight excluding hydrogens is 296 g/mol. The second kappa shape index (κ2) is 5.88. The maximum Gasteiger partial charge on any atom is 0.348 e. The minimum Gasteiger partial charge on any atom is -0.462 e. The lowest BCUT2D eigenvalue weighted by atomic mass is 10.2. The number of carbonyl (C=O) groups excluding carboxylic acids is 2. The number of thiophene rings is 1. The smallest absolute Gasteiger partial charge is 0.348 e. The summed E-state index contributed by atoms with van der Waals surface area (Å²) in [4.78, 5) is 33.8. The number of fused-ring (bicyclic) bond motifs is 1. The first-order chi connectivity index (χ1) is 9.93. The van der Waals surface area contributed by atoms with Gasteiger partial charge in [0.15, 0.2) is 0 Å². The largest absolute Gasteiger partial charge is 0.462 e. The number of amides is 1. The van der Waals surface area contributed by atoms with Crippen LogP contribution in [0, 0.1) is 10.1 Å². The summed E-state index contributed by atoms with van der Waals surface area (Å²) in [5.41, 5.74) is -0.122. The fraction of sp³-hybridized carbons (Fsp3) is 0.231. The van der Waals surface area contributed by atoms with Crippen LogP contribution in [-0.4, -0.2) is 23.4 Å². The highest BCUT2D eigenvalue weighted by atomic mass is 32.1. The summed E-state index contributed by atoms with van der Waals surface area (Å²) in [7, 11) is 0. The van der Waals surface area contributed by atoms with Crippen molar-refractivity contribution in [3.63, 3.8) is 0 Å². The van der Waals surface area contributed by atoms with Gasteiger partial charge in [-0.15, -0.1) is 11.3 Å². The molecule has 110 valence electrons. The number of ether oxygens (including phenoxy) is 1. The first-order valence-corrected chi connectivity index (χ1v) is 6.91. The van der Waals surface area contributed by atoms with E-state index in [9.17, 15) is 19.7 Å². The highest BCUT2D eigenvalue weighted by molar-refractivity contribution is 7.20. The van der Waals surface area contributed by atoms with E-state index >= 15 is 0 Å². The van der Waals surface area contributed by atoms with Crippen LogP contribution in [0.25, 0.3) is 10.1 Å². The Balaban J connectivity index is 2.60. The first kappa shape index (κ1) is 14.9. The summed E-state index contributed by atoms with van der Waals surface area (Å²) in [5, 5.41) is 14.0. The van der Waals surface area contributed by atoms with Crippen molar-refractivity contribution < 1.29 is 19.2 Å². The zero-order chi connectivity index (χ0) is 15.6. The third-order valence-electron chi connectivity index (χ3n) is 2.64. The number of nitro benzene ring substituents is 1. The van der Waals surface area contributed by atoms with Crippen molar-refractivity contribution in [2.24, 2.45) is 0 Å². The maximum atomic E-state index is 11.7. The van der Waals surface area contributed by atoms with Crippen LogP contribution in [0.4, 0.5) is 11.4 Å². The summed E-state index contributed by atoms with van der Waals surface area (Å²) < 4.78 is 5.47. The molecule has 2 rings (SSSR count). The van der Waals surface area contributed by atoms with E-state index in [4.69, 9.17) is 4.74 Å². The Bertz CT molecular complexity index is 737. The molecule has 1 heterocycles. The number of hydrogen-bond donors (Lipinski definition) is 1. The van der Waals surface area contributed by atoms with Crippen LogP contribution in [-0.2, 0) is 9.53 Å². The Morgan fingerprint density at radius 1 is 1.43 bits per heavy atom. The molecule has 0 aliphatic heterocycles. The molecule has 8 heteroatoms. The number of hydrogen-bond acceptors (Lipinski definition) is 6. The van der Waals surface area contributed by atoms with Crippen LogP contribution in [0.1, 0.15) is 23.5 Å². The van der Waals surface area contributed by atoms with Crippen molar-refractivity contribution in [3.05, 3.63) is 33.2 Å². The molecule has 2 aromatic rings. The minimum atomic E-state index is -0.574. The highest BCUT2D eigenvalue weighted by Crippen LogP contribution is 2.38. The molecule has 1 N–H and O–H groups in total. The number of nitrogens with one attached hydrogen (secondary N) is 1.